The highest BCUT2D eigenvalue weighted by molar-refractivity contribution is 9.10. The van der Waals surface area contributed by atoms with E-state index < -0.39 is 15.9 Å². The Morgan fingerprint density at radius 2 is 1.84 bits per heavy atom. The molecule has 45 heavy (non-hydrogen) atoms. The summed E-state index contributed by atoms with van der Waals surface area (Å²) in [5, 5.41) is 9.39. The SMILES string of the molecule is CCCN1CC2(CCC(C(=O)NCCS(=O)(=O)N3CCC(Nc4ncc(Br)c(Nc5cccc(C)c5C(N)=O)n4)CC3)CC2)C1. The van der Waals surface area contributed by atoms with Crippen molar-refractivity contribution < 1.29 is 18.0 Å². The molecule has 0 atom stereocenters. The zero-order chi connectivity index (χ0) is 32.2. The first-order valence-corrected chi connectivity index (χ1v) is 18.3. The molecule has 1 saturated carbocycles. The van der Waals surface area contributed by atoms with Gasteiger partial charge in [0, 0.05) is 50.9 Å². The number of benzene rings is 1. The normalized spacial score (nSPS) is 19.6. The molecule has 5 rings (SSSR count). The maximum atomic E-state index is 13.1. The molecule has 1 spiro atoms. The number of amides is 2. The predicted octanol–water partition coefficient (Wildman–Crippen LogP) is 3.61. The van der Waals surface area contributed by atoms with Crippen LogP contribution in [0.25, 0.3) is 0 Å². The fourth-order valence-corrected chi connectivity index (χ4v) is 8.65. The van der Waals surface area contributed by atoms with Crippen LogP contribution in [-0.2, 0) is 14.8 Å². The first kappa shape index (κ1) is 33.6. The molecule has 1 aromatic heterocycles. The molecule has 2 aromatic rings. The fraction of sp³-hybridized carbons (Fsp3) is 0.613. The van der Waals surface area contributed by atoms with Gasteiger partial charge in [-0.3, -0.25) is 9.59 Å². The highest BCUT2D eigenvalue weighted by Crippen LogP contribution is 2.45. The summed E-state index contributed by atoms with van der Waals surface area (Å²) in [6.07, 6.45) is 7.92. The van der Waals surface area contributed by atoms with Gasteiger partial charge in [-0.2, -0.15) is 4.98 Å². The van der Waals surface area contributed by atoms with Gasteiger partial charge in [0.25, 0.3) is 5.91 Å². The minimum atomic E-state index is -3.49. The molecule has 3 aliphatic rings. The van der Waals surface area contributed by atoms with Gasteiger partial charge >= 0.3 is 0 Å². The molecule has 5 N–H and O–H groups in total. The van der Waals surface area contributed by atoms with Crippen LogP contribution in [0.1, 0.15) is 67.8 Å². The van der Waals surface area contributed by atoms with Gasteiger partial charge in [-0.05, 0) is 91.4 Å². The second kappa shape index (κ2) is 14.3. The van der Waals surface area contributed by atoms with Crippen molar-refractivity contribution in [1.29, 1.82) is 0 Å². The van der Waals surface area contributed by atoms with Crippen LogP contribution in [0.2, 0.25) is 0 Å². The van der Waals surface area contributed by atoms with E-state index >= 15 is 0 Å². The van der Waals surface area contributed by atoms with Crippen LogP contribution in [0, 0.1) is 18.3 Å². The monoisotopic (exact) mass is 704 g/mol. The van der Waals surface area contributed by atoms with E-state index in [-0.39, 0.29) is 30.2 Å². The van der Waals surface area contributed by atoms with E-state index in [1.54, 1.807) is 12.3 Å². The van der Waals surface area contributed by atoms with Crippen molar-refractivity contribution >= 4 is 55.2 Å². The minimum Gasteiger partial charge on any atom is -0.366 e. The number of halogens is 1. The number of carbonyl (C=O) groups excluding carboxylic acids is 2. The number of aryl methyl sites for hydroxylation is 1. The Hall–Kier alpha value is -2.81. The third-order valence-corrected chi connectivity index (χ3v) is 11.9. The van der Waals surface area contributed by atoms with Gasteiger partial charge in [-0.1, -0.05) is 19.1 Å². The summed E-state index contributed by atoms with van der Waals surface area (Å²) in [5.41, 5.74) is 7.68. The number of hydrogen-bond acceptors (Lipinski definition) is 9. The minimum absolute atomic E-state index is 0.00959. The van der Waals surface area contributed by atoms with Crippen molar-refractivity contribution in [3.63, 3.8) is 0 Å². The van der Waals surface area contributed by atoms with Crippen LogP contribution in [-0.4, -0.2) is 90.5 Å². The van der Waals surface area contributed by atoms with Gasteiger partial charge in [-0.15, -0.1) is 0 Å². The Morgan fingerprint density at radius 3 is 2.51 bits per heavy atom. The largest absolute Gasteiger partial charge is 0.366 e. The summed E-state index contributed by atoms with van der Waals surface area (Å²) in [6.45, 7) is 8.37. The molecule has 246 valence electrons. The molecule has 0 unspecified atom stereocenters. The molecule has 12 nitrogen and oxygen atoms in total. The Kier molecular flexibility index (Phi) is 10.7. The molecule has 14 heteroatoms. The number of anilines is 3. The number of hydrogen-bond donors (Lipinski definition) is 4. The van der Waals surface area contributed by atoms with Crippen molar-refractivity contribution in [3.8, 4) is 0 Å². The summed E-state index contributed by atoms with van der Waals surface area (Å²) in [5.74, 6) is 0.201. The van der Waals surface area contributed by atoms with Crippen LogP contribution in [0.15, 0.2) is 28.9 Å². The number of nitrogens with two attached hydrogens (primary N) is 1. The lowest BCUT2D eigenvalue weighted by atomic mass is 9.65. The zero-order valence-electron chi connectivity index (χ0n) is 26.1. The van der Waals surface area contributed by atoms with Crippen LogP contribution < -0.4 is 21.7 Å². The van der Waals surface area contributed by atoms with Gasteiger partial charge in [0.15, 0.2) is 0 Å². The second-order valence-electron chi connectivity index (χ2n) is 12.8. The number of aromatic nitrogens is 2. The van der Waals surface area contributed by atoms with E-state index in [2.05, 4.69) is 53.7 Å². The number of piperidine rings is 1. The standard InChI is InChI=1S/C31H45BrN8O4S/c1-3-14-39-19-31(20-39)11-7-22(8-12-31)29(42)34-13-17-45(43,44)40-15-9-23(10-16-40)36-30-35-18-24(32)28(38-30)37-25-6-4-5-21(2)26(25)27(33)41/h4-6,18,22-23H,3,7-17,19-20H2,1-2H3,(H2,33,41)(H,34,42)(H2,35,36,37,38). The van der Waals surface area contributed by atoms with Crippen LogP contribution in [0.5, 0.6) is 0 Å². The molecule has 2 saturated heterocycles. The van der Waals surface area contributed by atoms with Crippen molar-refractivity contribution in [3.05, 3.63) is 40.0 Å². The first-order valence-electron chi connectivity index (χ1n) is 15.9. The molecular formula is C31H45BrN8O4S. The number of likely N-dealkylation sites (tertiary alicyclic amines) is 1. The highest BCUT2D eigenvalue weighted by atomic mass is 79.9. The van der Waals surface area contributed by atoms with Crippen molar-refractivity contribution in [2.24, 2.45) is 17.1 Å². The van der Waals surface area contributed by atoms with Gasteiger partial charge in [-0.25, -0.2) is 17.7 Å². The molecule has 2 amide bonds. The third-order valence-electron chi connectivity index (χ3n) is 9.43. The molecule has 1 aromatic carbocycles. The molecule has 0 bridgehead atoms. The summed E-state index contributed by atoms with van der Waals surface area (Å²) in [4.78, 5) is 36.2. The van der Waals surface area contributed by atoms with E-state index in [9.17, 15) is 18.0 Å². The van der Waals surface area contributed by atoms with Crippen LogP contribution in [0.3, 0.4) is 0 Å². The zero-order valence-corrected chi connectivity index (χ0v) is 28.6. The Labute approximate surface area is 274 Å². The molecule has 3 fully saturated rings. The first-order chi connectivity index (χ1) is 21.5. The Bertz CT molecular complexity index is 1480. The van der Waals surface area contributed by atoms with Crippen LogP contribution >= 0.6 is 15.9 Å². The van der Waals surface area contributed by atoms with Crippen molar-refractivity contribution in [2.75, 3.05) is 55.7 Å². The number of carbonyl (C=O) groups is 2. The number of nitrogens with one attached hydrogen (secondary N) is 3. The number of rotatable bonds is 12. The second-order valence-corrected chi connectivity index (χ2v) is 15.7. The Balaban J connectivity index is 1.06. The fourth-order valence-electron chi connectivity index (χ4n) is 6.97. The predicted molar refractivity (Wildman–Crippen MR) is 179 cm³/mol. The van der Waals surface area contributed by atoms with Gasteiger partial charge in [0.2, 0.25) is 21.9 Å². The highest BCUT2D eigenvalue weighted by Gasteiger charge is 2.45. The topological polar surface area (TPSA) is 163 Å². The molecule has 2 aliphatic heterocycles. The van der Waals surface area contributed by atoms with E-state index in [4.69, 9.17) is 5.73 Å². The van der Waals surface area contributed by atoms with E-state index in [0.29, 0.717) is 58.8 Å². The van der Waals surface area contributed by atoms with Crippen molar-refractivity contribution in [1.82, 2.24) is 24.5 Å². The molecule has 3 heterocycles. The lowest BCUT2D eigenvalue weighted by molar-refractivity contribution is -0.128. The van der Waals surface area contributed by atoms with E-state index in [0.717, 1.165) is 50.9 Å². The number of primary amides is 1. The summed E-state index contributed by atoms with van der Waals surface area (Å²) < 4.78 is 28.2. The van der Waals surface area contributed by atoms with Crippen LogP contribution in [0.4, 0.5) is 17.5 Å². The molecule has 1 aliphatic carbocycles. The smallest absolute Gasteiger partial charge is 0.251 e. The van der Waals surface area contributed by atoms with E-state index in [1.165, 1.54) is 10.7 Å². The number of sulfonamides is 1. The summed E-state index contributed by atoms with van der Waals surface area (Å²) >= 11 is 3.46. The lowest BCUT2D eigenvalue weighted by Crippen LogP contribution is -2.58. The average molecular weight is 706 g/mol. The summed E-state index contributed by atoms with van der Waals surface area (Å²) in [6, 6.07) is 5.40. The third kappa shape index (κ3) is 8.13. The van der Waals surface area contributed by atoms with Crippen molar-refractivity contribution in [2.45, 2.75) is 64.8 Å². The lowest BCUT2D eigenvalue weighted by Gasteiger charge is -2.53. The van der Waals surface area contributed by atoms with E-state index in [1.807, 2.05) is 19.1 Å². The van der Waals surface area contributed by atoms with Gasteiger partial charge < -0.3 is 26.6 Å². The quantitative estimate of drug-likeness (QED) is 0.259. The molecule has 0 radical (unpaired) electrons. The average Bonchev–Trinajstić information content (AvgIpc) is 2.98. The maximum absolute atomic E-state index is 13.1. The molecular weight excluding hydrogens is 660 g/mol. The Morgan fingerprint density at radius 1 is 1.13 bits per heavy atom. The van der Waals surface area contributed by atoms with Gasteiger partial charge in [0.1, 0.15) is 5.82 Å². The van der Waals surface area contributed by atoms with Gasteiger partial charge in [0.05, 0.1) is 21.5 Å². The maximum Gasteiger partial charge on any atom is 0.251 e. The summed E-state index contributed by atoms with van der Waals surface area (Å²) in [7, 11) is -3.49. The number of nitrogens with zero attached hydrogens (tertiary/aromatic N) is 4.